The number of carbonyl (C=O) groups is 1. The average molecular weight is 408 g/mol. The van der Waals surface area contributed by atoms with Crippen molar-refractivity contribution in [1.82, 2.24) is 8.96 Å². The topological polar surface area (TPSA) is 115 Å². The Morgan fingerprint density at radius 2 is 1.96 bits per heavy atom. The molecule has 3 rings (SSSR count). The van der Waals surface area contributed by atoms with Gasteiger partial charge in [-0.15, -0.1) is 0 Å². The largest absolute Gasteiger partial charge is 0.481 e. The fourth-order valence-corrected chi connectivity index (χ4v) is 4.94. The third-order valence-electron chi connectivity index (χ3n) is 4.19. The molecule has 2 heterocycles. The van der Waals surface area contributed by atoms with Crippen LogP contribution >= 0.6 is 11.6 Å². The van der Waals surface area contributed by atoms with Crippen LogP contribution in [0.4, 0.5) is 0 Å². The van der Waals surface area contributed by atoms with Crippen LogP contribution in [0.15, 0.2) is 47.4 Å². The molecule has 0 atom stereocenters. The maximum atomic E-state index is 13.4. The Kier molecular flexibility index (Phi) is 5.50. The highest BCUT2D eigenvalue weighted by molar-refractivity contribution is 7.90. The van der Waals surface area contributed by atoms with Crippen molar-refractivity contribution in [2.45, 2.75) is 30.7 Å². The molecule has 0 spiro atoms. The number of fused-ring (bicyclic) bond motifs is 1. The predicted molar refractivity (Wildman–Crippen MR) is 102 cm³/mol. The highest BCUT2D eigenvalue weighted by atomic mass is 35.5. The lowest BCUT2D eigenvalue weighted by Crippen LogP contribution is -2.18. The van der Waals surface area contributed by atoms with Crippen molar-refractivity contribution in [2.24, 2.45) is 5.73 Å². The number of nitrogens with two attached hydrogens (primary N) is 1. The maximum Gasteiger partial charge on any atom is 0.303 e. The smallest absolute Gasteiger partial charge is 0.303 e. The van der Waals surface area contributed by atoms with Crippen molar-refractivity contribution in [2.75, 3.05) is 0 Å². The summed E-state index contributed by atoms with van der Waals surface area (Å²) >= 11 is 5.94. The van der Waals surface area contributed by atoms with E-state index in [9.17, 15) is 13.2 Å². The Balaban J connectivity index is 2.20. The van der Waals surface area contributed by atoms with Gasteiger partial charge in [0.2, 0.25) is 0 Å². The second kappa shape index (κ2) is 7.67. The van der Waals surface area contributed by atoms with E-state index in [-0.39, 0.29) is 29.4 Å². The number of carboxylic acids is 1. The molecule has 0 fully saturated rings. The van der Waals surface area contributed by atoms with Crippen molar-refractivity contribution < 1.29 is 18.3 Å². The van der Waals surface area contributed by atoms with Crippen molar-refractivity contribution in [1.29, 1.82) is 0 Å². The van der Waals surface area contributed by atoms with Crippen LogP contribution in [-0.2, 0) is 27.8 Å². The van der Waals surface area contributed by atoms with E-state index in [2.05, 4.69) is 4.98 Å². The van der Waals surface area contributed by atoms with Crippen molar-refractivity contribution in [3.63, 3.8) is 0 Å². The second-order valence-electron chi connectivity index (χ2n) is 6.00. The van der Waals surface area contributed by atoms with Crippen LogP contribution in [0.1, 0.15) is 24.1 Å². The van der Waals surface area contributed by atoms with Gasteiger partial charge >= 0.3 is 5.97 Å². The van der Waals surface area contributed by atoms with Crippen LogP contribution < -0.4 is 5.73 Å². The number of aromatic nitrogens is 2. The first-order chi connectivity index (χ1) is 12.8. The zero-order chi connectivity index (χ0) is 19.6. The standard InChI is InChI=1S/C18H18ClN3O4S/c19-17-9-8-15-14(21-17)10-13(5-3-7-18(23)24)22(15)27(25,26)16-6-2-1-4-12(16)11-20/h1-2,4,6,8-10H,3,5,7,11,20H2,(H,23,24). The zero-order valence-electron chi connectivity index (χ0n) is 14.3. The summed E-state index contributed by atoms with van der Waals surface area (Å²) in [5.74, 6) is -0.935. The lowest BCUT2D eigenvalue weighted by Gasteiger charge is -2.14. The van der Waals surface area contributed by atoms with Gasteiger partial charge in [-0.1, -0.05) is 29.8 Å². The molecule has 3 N–H and O–H groups in total. The molecule has 0 radical (unpaired) electrons. The summed E-state index contributed by atoms with van der Waals surface area (Å²) in [6, 6.07) is 11.3. The maximum absolute atomic E-state index is 13.4. The summed E-state index contributed by atoms with van der Waals surface area (Å²) < 4.78 is 28.1. The molecule has 9 heteroatoms. The first-order valence-corrected chi connectivity index (χ1v) is 10.1. The number of benzene rings is 1. The number of aryl methyl sites for hydroxylation is 1. The predicted octanol–water partition coefficient (Wildman–Crippen LogP) is 2.79. The average Bonchev–Trinajstić information content (AvgIpc) is 2.99. The number of hydrogen-bond donors (Lipinski definition) is 2. The number of carboxylic acid groups (broad SMARTS) is 1. The molecule has 0 aliphatic rings. The number of pyridine rings is 1. The van der Waals surface area contributed by atoms with E-state index in [1.165, 1.54) is 16.1 Å². The van der Waals surface area contributed by atoms with Gasteiger partial charge in [-0.3, -0.25) is 4.79 Å². The van der Waals surface area contributed by atoms with Crippen LogP contribution in [0.5, 0.6) is 0 Å². The molecule has 0 amide bonds. The van der Waals surface area contributed by atoms with Crippen LogP contribution in [-0.4, -0.2) is 28.5 Å². The minimum Gasteiger partial charge on any atom is -0.481 e. The molecule has 142 valence electrons. The van der Waals surface area contributed by atoms with Gasteiger partial charge in [-0.2, -0.15) is 0 Å². The quantitative estimate of drug-likeness (QED) is 0.582. The summed E-state index contributed by atoms with van der Waals surface area (Å²) in [7, 11) is -3.95. The summed E-state index contributed by atoms with van der Waals surface area (Å²) in [6.07, 6.45) is 0.507. The van der Waals surface area contributed by atoms with Gasteiger partial charge in [-0.25, -0.2) is 17.4 Å². The molecule has 3 aromatic rings. The van der Waals surface area contributed by atoms with Crippen LogP contribution in [0, 0.1) is 0 Å². The second-order valence-corrected chi connectivity index (χ2v) is 8.14. The summed E-state index contributed by atoms with van der Waals surface area (Å²) in [6.45, 7) is 0.0764. The van der Waals surface area contributed by atoms with E-state index in [1.807, 2.05) is 0 Å². The Labute approximate surface area is 161 Å². The fourth-order valence-electron chi connectivity index (χ4n) is 2.99. The highest BCUT2D eigenvalue weighted by Crippen LogP contribution is 2.28. The van der Waals surface area contributed by atoms with E-state index in [1.54, 1.807) is 30.3 Å². The summed E-state index contributed by atoms with van der Waals surface area (Å²) in [5, 5.41) is 9.12. The third kappa shape index (κ3) is 3.83. The Hall–Kier alpha value is -2.42. The molecule has 2 aromatic heterocycles. The van der Waals surface area contributed by atoms with Gasteiger partial charge in [0.15, 0.2) is 0 Å². The number of nitrogens with zero attached hydrogens (tertiary/aromatic N) is 2. The Bertz CT molecular complexity index is 1110. The lowest BCUT2D eigenvalue weighted by molar-refractivity contribution is -0.137. The Morgan fingerprint density at radius 3 is 2.67 bits per heavy atom. The van der Waals surface area contributed by atoms with Crippen LogP contribution in [0.2, 0.25) is 5.15 Å². The number of hydrogen-bond acceptors (Lipinski definition) is 5. The van der Waals surface area contributed by atoms with Gasteiger partial charge < -0.3 is 10.8 Å². The van der Waals surface area contributed by atoms with Crippen molar-refractivity contribution >= 4 is 38.6 Å². The zero-order valence-corrected chi connectivity index (χ0v) is 15.9. The third-order valence-corrected chi connectivity index (χ3v) is 6.26. The number of rotatable bonds is 7. The van der Waals surface area contributed by atoms with Gasteiger partial charge in [0.25, 0.3) is 10.0 Å². The molecule has 1 aromatic carbocycles. The minimum atomic E-state index is -3.95. The molecule has 0 aliphatic carbocycles. The molecule has 0 saturated carbocycles. The van der Waals surface area contributed by atoms with Crippen LogP contribution in [0.3, 0.4) is 0 Å². The van der Waals surface area contributed by atoms with Crippen molar-refractivity contribution in [3.05, 3.63) is 58.9 Å². The van der Waals surface area contributed by atoms with Crippen LogP contribution in [0.25, 0.3) is 11.0 Å². The number of aliphatic carboxylic acids is 1. The lowest BCUT2D eigenvalue weighted by atomic mass is 10.2. The van der Waals surface area contributed by atoms with Crippen molar-refractivity contribution in [3.8, 4) is 0 Å². The molecular formula is C18H18ClN3O4S. The minimum absolute atomic E-state index is 0.0604. The fraction of sp³-hybridized carbons (Fsp3) is 0.222. The van der Waals surface area contributed by atoms with Gasteiger partial charge in [0.05, 0.1) is 15.9 Å². The molecular weight excluding hydrogens is 390 g/mol. The van der Waals surface area contributed by atoms with Gasteiger partial charge in [0.1, 0.15) is 5.15 Å². The highest BCUT2D eigenvalue weighted by Gasteiger charge is 2.25. The van der Waals surface area contributed by atoms with E-state index >= 15 is 0 Å². The molecule has 7 nitrogen and oxygen atoms in total. The summed E-state index contributed by atoms with van der Waals surface area (Å²) in [4.78, 5) is 15.1. The first kappa shape index (κ1) is 19.3. The molecule has 0 saturated heterocycles. The number of halogens is 1. The van der Waals surface area contributed by atoms with E-state index in [0.29, 0.717) is 28.7 Å². The monoisotopic (exact) mass is 407 g/mol. The molecule has 0 bridgehead atoms. The molecule has 0 unspecified atom stereocenters. The van der Waals surface area contributed by atoms with E-state index in [4.69, 9.17) is 22.4 Å². The molecule has 0 aliphatic heterocycles. The summed E-state index contributed by atoms with van der Waals surface area (Å²) in [5.41, 5.74) is 7.48. The first-order valence-electron chi connectivity index (χ1n) is 8.27. The molecule has 27 heavy (non-hydrogen) atoms. The van der Waals surface area contributed by atoms with E-state index in [0.717, 1.165) is 0 Å². The van der Waals surface area contributed by atoms with Gasteiger partial charge in [0, 0.05) is 18.7 Å². The van der Waals surface area contributed by atoms with E-state index < -0.39 is 16.0 Å². The SMILES string of the molecule is NCc1ccccc1S(=O)(=O)n1c(CCCC(=O)O)cc2nc(Cl)ccc21. The Morgan fingerprint density at radius 1 is 1.22 bits per heavy atom. The van der Waals surface area contributed by atoms with Gasteiger partial charge in [-0.05, 0) is 42.7 Å². The normalized spacial score (nSPS) is 11.8.